The average Bonchev–Trinajstić information content (AvgIpc) is 3.32. The van der Waals surface area contributed by atoms with Crippen LogP contribution in [-0.4, -0.2) is 59.2 Å². The van der Waals surface area contributed by atoms with Gasteiger partial charge in [-0.1, -0.05) is 23.4 Å². The molecule has 0 saturated carbocycles. The molecule has 3 rings (SSSR count). The van der Waals surface area contributed by atoms with E-state index in [1.165, 1.54) is 0 Å². The Bertz CT molecular complexity index is 1070. The monoisotopic (exact) mass is 424 g/mol. The van der Waals surface area contributed by atoms with Crippen molar-refractivity contribution in [2.75, 3.05) is 6.54 Å². The van der Waals surface area contributed by atoms with Crippen LogP contribution in [0.25, 0.3) is 17.1 Å². The van der Waals surface area contributed by atoms with Gasteiger partial charge in [0.25, 0.3) is 0 Å². The van der Waals surface area contributed by atoms with Crippen LogP contribution < -0.4 is 0 Å². The first-order valence-electron chi connectivity index (χ1n) is 10.3. The van der Waals surface area contributed by atoms with Crippen molar-refractivity contribution in [2.24, 2.45) is 7.05 Å². The Labute approximate surface area is 181 Å². The molecule has 0 fully saturated rings. The highest BCUT2D eigenvalue weighted by Gasteiger charge is 2.19. The van der Waals surface area contributed by atoms with E-state index in [9.17, 15) is 9.59 Å². The molecule has 2 aromatic heterocycles. The number of amides is 1. The predicted molar refractivity (Wildman–Crippen MR) is 116 cm³/mol. The molecule has 0 bridgehead atoms. The summed E-state index contributed by atoms with van der Waals surface area (Å²) in [6.07, 6.45) is 4.51. The fourth-order valence-electron chi connectivity index (χ4n) is 3.57. The van der Waals surface area contributed by atoms with Gasteiger partial charge < -0.3 is 10.0 Å². The standard InChI is InChI=1S/C22H28N6O3/c1-15(2)27(12-11-21(30)31)20(29)10-9-17-7-5-6-8-19(17)28-14-18(23-25-28)22-16(3)13-26(4)24-22/h5-8,13-15H,9-12H2,1-4H3,(H,30,31). The zero-order valence-corrected chi connectivity index (χ0v) is 18.3. The summed E-state index contributed by atoms with van der Waals surface area (Å²) >= 11 is 0. The molecule has 0 aliphatic carbocycles. The number of aliphatic carboxylic acids is 1. The maximum Gasteiger partial charge on any atom is 0.305 e. The van der Waals surface area contributed by atoms with Gasteiger partial charge in [-0.2, -0.15) is 5.10 Å². The van der Waals surface area contributed by atoms with Crippen LogP contribution in [-0.2, 0) is 23.1 Å². The largest absolute Gasteiger partial charge is 0.481 e. The van der Waals surface area contributed by atoms with Crippen molar-refractivity contribution >= 4 is 11.9 Å². The smallest absolute Gasteiger partial charge is 0.305 e. The maximum atomic E-state index is 12.7. The lowest BCUT2D eigenvalue weighted by Crippen LogP contribution is -2.38. The Morgan fingerprint density at radius 3 is 2.55 bits per heavy atom. The van der Waals surface area contributed by atoms with E-state index in [-0.39, 0.29) is 31.3 Å². The van der Waals surface area contributed by atoms with Gasteiger partial charge in [-0.15, -0.1) is 5.10 Å². The van der Waals surface area contributed by atoms with Crippen molar-refractivity contribution in [3.05, 3.63) is 47.8 Å². The van der Waals surface area contributed by atoms with E-state index in [2.05, 4.69) is 15.4 Å². The lowest BCUT2D eigenvalue weighted by Gasteiger charge is -2.26. The van der Waals surface area contributed by atoms with E-state index in [1.807, 2.05) is 64.5 Å². The van der Waals surface area contributed by atoms with Crippen molar-refractivity contribution in [3.63, 3.8) is 0 Å². The number of carbonyl (C=O) groups is 2. The van der Waals surface area contributed by atoms with Crippen LogP contribution in [0.4, 0.5) is 0 Å². The number of benzene rings is 1. The summed E-state index contributed by atoms with van der Waals surface area (Å²) in [5.41, 5.74) is 4.30. The van der Waals surface area contributed by atoms with Crippen LogP contribution >= 0.6 is 0 Å². The molecular weight excluding hydrogens is 396 g/mol. The van der Waals surface area contributed by atoms with E-state index in [0.29, 0.717) is 12.1 Å². The van der Waals surface area contributed by atoms with E-state index >= 15 is 0 Å². The molecule has 164 valence electrons. The molecule has 0 unspecified atom stereocenters. The molecular formula is C22H28N6O3. The molecule has 0 spiro atoms. The predicted octanol–water partition coefficient (Wildman–Crippen LogP) is 2.62. The van der Waals surface area contributed by atoms with Crippen molar-refractivity contribution in [1.82, 2.24) is 29.7 Å². The zero-order chi connectivity index (χ0) is 22.5. The molecule has 0 atom stereocenters. The number of nitrogens with zero attached hydrogens (tertiary/aromatic N) is 6. The Balaban J connectivity index is 1.76. The number of aryl methyl sites for hydroxylation is 3. The molecule has 3 aromatic rings. The molecule has 0 saturated heterocycles. The summed E-state index contributed by atoms with van der Waals surface area (Å²) < 4.78 is 3.45. The minimum Gasteiger partial charge on any atom is -0.481 e. The summed E-state index contributed by atoms with van der Waals surface area (Å²) in [6.45, 7) is 5.98. The van der Waals surface area contributed by atoms with Crippen molar-refractivity contribution < 1.29 is 14.7 Å². The van der Waals surface area contributed by atoms with Crippen LogP contribution in [0, 0.1) is 6.92 Å². The Kier molecular flexibility index (Phi) is 6.84. The summed E-state index contributed by atoms with van der Waals surface area (Å²) in [5, 5.41) is 21.9. The van der Waals surface area contributed by atoms with E-state index < -0.39 is 5.97 Å². The van der Waals surface area contributed by atoms with Crippen molar-refractivity contribution in [3.8, 4) is 17.1 Å². The maximum absolute atomic E-state index is 12.7. The van der Waals surface area contributed by atoms with Crippen LogP contribution in [0.5, 0.6) is 0 Å². The van der Waals surface area contributed by atoms with Crippen molar-refractivity contribution in [1.29, 1.82) is 0 Å². The molecule has 0 radical (unpaired) electrons. The van der Waals surface area contributed by atoms with E-state index in [1.54, 1.807) is 14.3 Å². The number of hydrogen-bond acceptors (Lipinski definition) is 5. The Hall–Kier alpha value is -3.49. The van der Waals surface area contributed by atoms with Gasteiger partial charge in [0.15, 0.2) is 0 Å². The summed E-state index contributed by atoms with van der Waals surface area (Å²) in [6, 6.07) is 7.69. The average molecular weight is 425 g/mol. The molecule has 1 N–H and O–H groups in total. The van der Waals surface area contributed by atoms with Gasteiger partial charge in [-0.25, -0.2) is 4.68 Å². The fraction of sp³-hybridized carbons (Fsp3) is 0.409. The number of carboxylic acids is 1. The fourth-order valence-corrected chi connectivity index (χ4v) is 3.57. The topological polar surface area (TPSA) is 106 Å². The van der Waals surface area contributed by atoms with Gasteiger partial charge in [0.1, 0.15) is 11.4 Å². The third-order valence-corrected chi connectivity index (χ3v) is 5.10. The van der Waals surface area contributed by atoms with E-state index in [4.69, 9.17) is 5.11 Å². The minimum absolute atomic E-state index is 0.0541. The van der Waals surface area contributed by atoms with Gasteiger partial charge in [0.2, 0.25) is 5.91 Å². The second-order valence-corrected chi connectivity index (χ2v) is 7.84. The van der Waals surface area contributed by atoms with Crippen molar-refractivity contribution in [2.45, 2.75) is 46.1 Å². The first-order chi connectivity index (χ1) is 14.8. The highest BCUT2D eigenvalue weighted by Crippen LogP contribution is 2.22. The normalized spacial score (nSPS) is 11.1. The molecule has 9 heteroatoms. The van der Waals surface area contributed by atoms with Gasteiger partial charge in [0.05, 0.1) is 18.3 Å². The second-order valence-electron chi connectivity index (χ2n) is 7.84. The summed E-state index contributed by atoms with van der Waals surface area (Å²) in [5.74, 6) is -0.969. The molecule has 1 amide bonds. The van der Waals surface area contributed by atoms with Gasteiger partial charge in [-0.05, 0) is 44.4 Å². The van der Waals surface area contributed by atoms with Crippen LogP contribution in [0.3, 0.4) is 0 Å². The zero-order valence-electron chi connectivity index (χ0n) is 18.3. The quantitative estimate of drug-likeness (QED) is 0.566. The summed E-state index contributed by atoms with van der Waals surface area (Å²) in [7, 11) is 1.87. The van der Waals surface area contributed by atoms with Gasteiger partial charge in [-0.3, -0.25) is 14.3 Å². The van der Waals surface area contributed by atoms with Gasteiger partial charge in [0, 0.05) is 32.3 Å². The third kappa shape index (κ3) is 5.36. The third-order valence-electron chi connectivity index (χ3n) is 5.10. The molecule has 9 nitrogen and oxygen atoms in total. The Morgan fingerprint density at radius 1 is 1.16 bits per heavy atom. The number of hydrogen-bond donors (Lipinski definition) is 1. The SMILES string of the molecule is Cc1cn(C)nc1-c1cn(-c2ccccc2CCC(=O)N(CCC(=O)O)C(C)C)nn1. The molecule has 0 aliphatic heterocycles. The first-order valence-corrected chi connectivity index (χ1v) is 10.3. The van der Waals surface area contributed by atoms with Crippen LogP contribution in [0.2, 0.25) is 0 Å². The molecule has 1 aromatic carbocycles. The van der Waals surface area contributed by atoms with Gasteiger partial charge >= 0.3 is 5.97 Å². The highest BCUT2D eigenvalue weighted by atomic mass is 16.4. The lowest BCUT2D eigenvalue weighted by molar-refractivity contribution is -0.139. The number of carboxylic acid groups (broad SMARTS) is 1. The van der Waals surface area contributed by atoms with E-state index in [0.717, 1.165) is 22.5 Å². The number of carbonyl (C=O) groups excluding carboxylic acids is 1. The second kappa shape index (κ2) is 9.55. The lowest BCUT2D eigenvalue weighted by atomic mass is 10.1. The molecule has 0 aliphatic rings. The number of para-hydroxylation sites is 1. The number of aromatic nitrogens is 5. The number of rotatable bonds is 9. The van der Waals surface area contributed by atoms with Crippen LogP contribution in [0.15, 0.2) is 36.7 Å². The molecule has 31 heavy (non-hydrogen) atoms. The molecule has 2 heterocycles. The highest BCUT2D eigenvalue weighted by molar-refractivity contribution is 5.77. The van der Waals surface area contributed by atoms with Crippen LogP contribution in [0.1, 0.15) is 37.8 Å². The Morgan fingerprint density at radius 2 is 1.90 bits per heavy atom. The summed E-state index contributed by atoms with van der Waals surface area (Å²) in [4.78, 5) is 25.3. The minimum atomic E-state index is -0.908. The first kappa shape index (κ1) is 22.2.